The van der Waals surface area contributed by atoms with Crippen LogP contribution in [0.2, 0.25) is 0 Å². The molecular formula is C15H14FN3O3S. The third-order valence-corrected chi connectivity index (χ3v) is 4.46. The highest BCUT2D eigenvalue weighted by Gasteiger charge is 2.36. The maximum atomic E-state index is 13.1. The molecule has 0 spiro atoms. The minimum Gasteiger partial charge on any atom is -0.366 e. The van der Waals surface area contributed by atoms with E-state index < -0.39 is 18.0 Å². The number of benzene rings is 1. The van der Waals surface area contributed by atoms with Crippen LogP contribution in [0.5, 0.6) is 0 Å². The molecule has 6 nitrogen and oxygen atoms in total. The summed E-state index contributed by atoms with van der Waals surface area (Å²) in [7, 11) is 0. The van der Waals surface area contributed by atoms with E-state index in [-0.39, 0.29) is 24.7 Å². The Hall–Kier alpha value is -2.32. The highest BCUT2D eigenvalue weighted by Crippen LogP contribution is 2.32. The second-order valence-electron chi connectivity index (χ2n) is 5.04. The fourth-order valence-corrected chi connectivity index (χ4v) is 3.33. The van der Waals surface area contributed by atoms with Crippen molar-refractivity contribution in [3.63, 3.8) is 0 Å². The molecule has 0 aliphatic carbocycles. The molecule has 0 radical (unpaired) electrons. The number of thiazole rings is 1. The van der Waals surface area contributed by atoms with E-state index in [9.17, 15) is 14.0 Å². The first-order chi connectivity index (χ1) is 11.0. The molecule has 2 N–H and O–H groups in total. The molecule has 1 aromatic heterocycles. The minimum absolute atomic E-state index is 0.218. The fourth-order valence-electron chi connectivity index (χ4n) is 2.42. The van der Waals surface area contributed by atoms with Crippen LogP contribution in [0.15, 0.2) is 24.3 Å². The maximum absolute atomic E-state index is 13.1. The Morgan fingerprint density at radius 2 is 2.09 bits per heavy atom. The van der Waals surface area contributed by atoms with Gasteiger partial charge in [0.15, 0.2) is 0 Å². The summed E-state index contributed by atoms with van der Waals surface area (Å²) < 4.78 is 18.3. The molecule has 23 heavy (non-hydrogen) atoms. The Kier molecular flexibility index (Phi) is 4.10. The van der Waals surface area contributed by atoms with Gasteiger partial charge in [0.2, 0.25) is 6.23 Å². The number of carbonyl (C=O) groups excluding carboxylic acids is 2. The number of hydrogen-bond acceptors (Lipinski definition) is 5. The second-order valence-corrected chi connectivity index (χ2v) is 6.24. The van der Waals surface area contributed by atoms with E-state index >= 15 is 0 Å². The van der Waals surface area contributed by atoms with Gasteiger partial charge in [-0.15, -0.1) is 11.3 Å². The normalized spacial score (nSPS) is 17.5. The summed E-state index contributed by atoms with van der Waals surface area (Å²) in [6, 6.07) is 5.82. The van der Waals surface area contributed by atoms with E-state index in [4.69, 9.17) is 10.5 Å². The van der Waals surface area contributed by atoms with Crippen molar-refractivity contribution in [3.05, 3.63) is 40.8 Å². The molecule has 2 amide bonds. The zero-order valence-electron chi connectivity index (χ0n) is 12.3. The molecule has 1 unspecified atom stereocenters. The third-order valence-electron chi connectivity index (χ3n) is 3.44. The van der Waals surface area contributed by atoms with Crippen molar-refractivity contribution >= 4 is 23.2 Å². The van der Waals surface area contributed by atoms with Crippen LogP contribution in [0.25, 0.3) is 10.4 Å². The zero-order chi connectivity index (χ0) is 16.6. The number of hydrogen-bond donors (Lipinski definition) is 1. The van der Waals surface area contributed by atoms with Crippen LogP contribution in [-0.2, 0) is 9.53 Å². The largest absolute Gasteiger partial charge is 0.366 e. The van der Waals surface area contributed by atoms with Gasteiger partial charge >= 0.3 is 0 Å². The van der Waals surface area contributed by atoms with Gasteiger partial charge in [0.1, 0.15) is 11.5 Å². The number of nitrogens with zero attached hydrogens (tertiary/aromatic N) is 2. The van der Waals surface area contributed by atoms with Gasteiger partial charge in [0, 0.05) is 6.54 Å². The number of rotatable bonds is 3. The van der Waals surface area contributed by atoms with Crippen LogP contribution in [-0.4, -0.2) is 41.1 Å². The summed E-state index contributed by atoms with van der Waals surface area (Å²) in [5.41, 5.74) is 6.17. The third kappa shape index (κ3) is 2.95. The molecule has 2 aromatic rings. The van der Waals surface area contributed by atoms with Gasteiger partial charge in [-0.25, -0.2) is 9.37 Å². The average molecular weight is 335 g/mol. The summed E-state index contributed by atoms with van der Waals surface area (Å²) in [6.45, 7) is 2.29. The molecule has 2 heterocycles. The molecule has 120 valence electrons. The van der Waals surface area contributed by atoms with Gasteiger partial charge in [-0.3, -0.25) is 9.59 Å². The van der Waals surface area contributed by atoms with E-state index in [0.29, 0.717) is 15.4 Å². The predicted octanol–water partition coefficient (Wildman–Crippen LogP) is 1.54. The molecule has 0 bridgehead atoms. The van der Waals surface area contributed by atoms with Crippen LogP contribution >= 0.6 is 11.3 Å². The Balaban J connectivity index is 1.98. The van der Waals surface area contributed by atoms with E-state index in [2.05, 4.69) is 4.98 Å². The molecule has 1 saturated heterocycles. The number of nitrogens with two attached hydrogens (primary N) is 1. The summed E-state index contributed by atoms with van der Waals surface area (Å²) in [4.78, 5) is 30.3. The lowest BCUT2D eigenvalue weighted by Crippen LogP contribution is -2.44. The van der Waals surface area contributed by atoms with Crippen molar-refractivity contribution in [2.75, 3.05) is 13.2 Å². The molecule has 1 aromatic carbocycles. The van der Waals surface area contributed by atoms with Crippen molar-refractivity contribution in [2.45, 2.75) is 13.2 Å². The number of halogens is 1. The van der Waals surface area contributed by atoms with Crippen LogP contribution in [0.4, 0.5) is 4.39 Å². The van der Waals surface area contributed by atoms with Crippen LogP contribution in [0.1, 0.15) is 15.5 Å². The summed E-state index contributed by atoms with van der Waals surface area (Å²) in [5.74, 6) is -1.49. The van der Waals surface area contributed by atoms with Crippen molar-refractivity contribution in [3.8, 4) is 10.4 Å². The Morgan fingerprint density at radius 1 is 1.39 bits per heavy atom. The van der Waals surface area contributed by atoms with E-state index in [1.165, 1.54) is 28.4 Å². The molecule has 1 fully saturated rings. The molecule has 8 heteroatoms. The summed E-state index contributed by atoms with van der Waals surface area (Å²) in [5, 5.41) is 0.698. The molecule has 1 atom stereocenters. The Morgan fingerprint density at radius 3 is 2.74 bits per heavy atom. The van der Waals surface area contributed by atoms with E-state index in [0.717, 1.165) is 0 Å². The van der Waals surface area contributed by atoms with E-state index in [1.807, 2.05) is 0 Å². The lowest BCUT2D eigenvalue weighted by Gasteiger charge is -2.19. The first-order valence-electron chi connectivity index (χ1n) is 6.92. The highest BCUT2D eigenvalue weighted by molar-refractivity contribution is 7.15. The van der Waals surface area contributed by atoms with Crippen LogP contribution < -0.4 is 5.73 Å². The first kappa shape index (κ1) is 15.6. The highest BCUT2D eigenvalue weighted by atomic mass is 32.1. The van der Waals surface area contributed by atoms with Crippen LogP contribution in [0.3, 0.4) is 0 Å². The fraction of sp³-hybridized carbons (Fsp3) is 0.267. The quantitative estimate of drug-likeness (QED) is 0.922. The number of carbonyl (C=O) groups is 2. The Labute approximate surface area is 135 Å². The van der Waals surface area contributed by atoms with Gasteiger partial charge in [0.05, 0.1) is 16.5 Å². The molecular weight excluding hydrogens is 321 g/mol. The monoisotopic (exact) mass is 335 g/mol. The number of amides is 2. The predicted molar refractivity (Wildman–Crippen MR) is 82.2 cm³/mol. The second kappa shape index (κ2) is 6.05. The van der Waals surface area contributed by atoms with Gasteiger partial charge < -0.3 is 15.4 Å². The van der Waals surface area contributed by atoms with Gasteiger partial charge in [-0.2, -0.15) is 0 Å². The standard InChI is InChI=1S/C15H14FN3O3S/c1-8-18-11(12(23-8)9-2-4-10(16)5-3-9)14(21)19-6-7-22-15(19)13(17)20/h2-5,15H,6-7H2,1H3,(H2,17,20). The van der Waals surface area contributed by atoms with Gasteiger partial charge in [-0.1, -0.05) is 12.1 Å². The first-order valence-corrected chi connectivity index (χ1v) is 7.74. The molecule has 3 rings (SSSR count). The van der Waals surface area contributed by atoms with Crippen LogP contribution in [0, 0.1) is 12.7 Å². The topological polar surface area (TPSA) is 85.5 Å². The van der Waals surface area contributed by atoms with Crippen molar-refractivity contribution < 1.29 is 18.7 Å². The summed E-state index contributed by atoms with van der Waals surface area (Å²) in [6.07, 6.45) is -1.08. The average Bonchev–Trinajstić information content (AvgIpc) is 3.14. The molecule has 0 saturated carbocycles. The van der Waals surface area contributed by atoms with Gasteiger partial charge in [0.25, 0.3) is 11.8 Å². The van der Waals surface area contributed by atoms with Crippen molar-refractivity contribution in [2.24, 2.45) is 5.73 Å². The Bertz CT molecular complexity index is 760. The summed E-state index contributed by atoms with van der Waals surface area (Å²) >= 11 is 1.33. The lowest BCUT2D eigenvalue weighted by atomic mass is 10.1. The van der Waals surface area contributed by atoms with Crippen molar-refractivity contribution in [1.82, 2.24) is 9.88 Å². The molecule has 1 aliphatic rings. The lowest BCUT2D eigenvalue weighted by molar-refractivity contribution is -0.131. The minimum atomic E-state index is -1.08. The SMILES string of the molecule is Cc1nc(C(=O)N2CCOC2C(N)=O)c(-c2ccc(F)cc2)s1. The smallest absolute Gasteiger partial charge is 0.276 e. The number of primary amides is 1. The number of aryl methyl sites for hydroxylation is 1. The number of ether oxygens (including phenoxy) is 1. The van der Waals surface area contributed by atoms with Crippen molar-refractivity contribution in [1.29, 1.82) is 0 Å². The van der Waals surface area contributed by atoms with Gasteiger partial charge in [-0.05, 0) is 24.6 Å². The zero-order valence-corrected chi connectivity index (χ0v) is 13.1. The molecule has 1 aliphatic heterocycles. The van der Waals surface area contributed by atoms with E-state index in [1.54, 1.807) is 19.1 Å². The maximum Gasteiger partial charge on any atom is 0.276 e. The number of aromatic nitrogens is 1.